The predicted octanol–water partition coefficient (Wildman–Crippen LogP) is -0.898. The minimum absolute atomic E-state index is 0. The first-order valence-corrected chi connectivity index (χ1v) is 3.61. The van der Waals surface area contributed by atoms with Crippen LogP contribution in [0.25, 0.3) is 0 Å². The van der Waals surface area contributed by atoms with Gasteiger partial charge in [0.25, 0.3) is 0 Å². The van der Waals surface area contributed by atoms with Gasteiger partial charge in [0.1, 0.15) is 0 Å². The Bertz CT molecular complexity index is 304. The van der Waals surface area contributed by atoms with Gasteiger partial charge in [-0.15, -0.1) is 0 Å². The fourth-order valence-corrected chi connectivity index (χ4v) is 0.875. The van der Waals surface area contributed by atoms with Crippen molar-refractivity contribution in [2.75, 3.05) is 0 Å². The van der Waals surface area contributed by atoms with Crippen molar-refractivity contribution in [3.63, 3.8) is 0 Å². The summed E-state index contributed by atoms with van der Waals surface area (Å²) in [6.07, 6.45) is 0.793. The van der Waals surface area contributed by atoms with E-state index in [1.807, 2.05) is 0 Å². The summed E-state index contributed by atoms with van der Waals surface area (Å²) in [5.41, 5.74) is -0.355. The van der Waals surface area contributed by atoms with Crippen molar-refractivity contribution in [1.29, 1.82) is 0 Å². The van der Waals surface area contributed by atoms with Crippen molar-refractivity contribution in [3.8, 4) is 0 Å². The number of rotatable bonds is 1. The molecular formula is C6H5BClF3KN. The molecule has 0 N–H and O–H groups in total. The Balaban J connectivity index is 0.00000144. The van der Waals surface area contributed by atoms with Gasteiger partial charge < -0.3 is 12.9 Å². The van der Waals surface area contributed by atoms with Gasteiger partial charge in [0.2, 0.25) is 0 Å². The average molecular weight is 233 g/mol. The fraction of sp³-hybridized carbons (Fsp3) is 0.167. The van der Waals surface area contributed by atoms with E-state index in [4.69, 9.17) is 11.6 Å². The maximum atomic E-state index is 12.1. The molecule has 0 spiro atoms. The summed E-state index contributed by atoms with van der Waals surface area (Å²) < 4.78 is 36.2. The van der Waals surface area contributed by atoms with Gasteiger partial charge in [-0.05, 0) is 6.92 Å². The molecular weight excluding hydrogens is 228 g/mol. The molecule has 0 saturated heterocycles. The average Bonchev–Trinajstić information content (AvgIpc) is 1.92. The van der Waals surface area contributed by atoms with Gasteiger partial charge >= 0.3 is 58.4 Å². The fourth-order valence-electron chi connectivity index (χ4n) is 0.700. The number of pyridine rings is 1. The Labute approximate surface area is 122 Å². The maximum Gasteiger partial charge on any atom is 1.00 e. The molecule has 1 nitrogen and oxygen atoms in total. The SMILES string of the molecule is Cc1ncc([B-](F)(F)F)cc1Cl.[K+]. The van der Waals surface area contributed by atoms with E-state index in [0.717, 1.165) is 12.3 Å². The van der Waals surface area contributed by atoms with E-state index >= 15 is 0 Å². The molecule has 0 amide bonds. The normalized spacial score (nSPS) is 10.8. The molecule has 0 aliphatic carbocycles. The van der Waals surface area contributed by atoms with Gasteiger partial charge in [0.05, 0.1) is 10.7 Å². The monoisotopic (exact) mass is 233 g/mol. The third kappa shape index (κ3) is 3.89. The number of halogens is 4. The summed E-state index contributed by atoms with van der Waals surface area (Å²) in [6, 6.07) is 0.893. The molecule has 0 aromatic carbocycles. The quantitative estimate of drug-likeness (QED) is 0.573. The van der Waals surface area contributed by atoms with Gasteiger partial charge in [-0.2, -0.15) is 0 Å². The van der Waals surface area contributed by atoms with E-state index in [0.29, 0.717) is 5.69 Å². The zero-order valence-electron chi connectivity index (χ0n) is 7.19. The van der Waals surface area contributed by atoms with Crippen molar-refractivity contribution in [3.05, 3.63) is 23.0 Å². The number of hydrogen-bond acceptors (Lipinski definition) is 1. The van der Waals surface area contributed by atoms with E-state index in [2.05, 4.69) is 4.98 Å². The standard InChI is InChI=1S/C6H5BClF3N.K/c1-4-6(8)2-5(3-12-4)7(9,10)11;/h2-3H,1H3;/q-1;+1. The van der Waals surface area contributed by atoms with Crippen LogP contribution >= 0.6 is 11.6 Å². The van der Waals surface area contributed by atoms with Crippen molar-refractivity contribution >= 4 is 24.0 Å². The molecule has 0 saturated carbocycles. The van der Waals surface area contributed by atoms with E-state index in [1.54, 1.807) is 6.92 Å². The maximum absolute atomic E-state index is 12.1. The third-order valence-corrected chi connectivity index (χ3v) is 1.81. The van der Waals surface area contributed by atoms with E-state index in [1.165, 1.54) is 0 Å². The molecule has 0 fully saturated rings. The molecule has 0 radical (unpaired) electrons. The van der Waals surface area contributed by atoms with Crippen LogP contribution in [-0.2, 0) is 0 Å². The van der Waals surface area contributed by atoms with Gasteiger partial charge in [-0.3, -0.25) is 4.98 Å². The third-order valence-electron chi connectivity index (χ3n) is 1.42. The molecule has 1 aromatic heterocycles. The summed E-state index contributed by atoms with van der Waals surface area (Å²) in [4.78, 5) is 3.51. The summed E-state index contributed by atoms with van der Waals surface area (Å²) in [5.74, 6) is 0. The first-order chi connectivity index (χ1) is 5.41. The molecule has 0 atom stereocenters. The number of nitrogens with zero attached hydrogens (tertiary/aromatic N) is 1. The summed E-state index contributed by atoms with van der Waals surface area (Å²) in [7, 11) is 0. The van der Waals surface area contributed by atoms with Crippen molar-refractivity contribution in [2.24, 2.45) is 0 Å². The zero-order valence-corrected chi connectivity index (χ0v) is 11.1. The number of aromatic nitrogens is 1. The van der Waals surface area contributed by atoms with Crippen LogP contribution in [0.15, 0.2) is 12.3 Å². The first kappa shape index (κ1) is 13.9. The van der Waals surface area contributed by atoms with Crippen LogP contribution in [0.4, 0.5) is 12.9 Å². The molecule has 1 heterocycles. The molecule has 7 heteroatoms. The molecule has 13 heavy (non-hydrogen) atoms. The van der Waals surface area contributed by atoms with Crippen LogP contribution in [0.2, 0.25) is 5.02 Å². The first-order valence-electron chi connectivity index (χ1n) is 3.23. The number of aryl methyl sites for hydroxylation is 1. The van der Waals surface area contributed by atoms with Crippen LogP contribution < -0.4 is 56.8 Å². The summed E-state index contributed by atoms with van der Waals surface area (Å²) >= 11 is 5.47. The number of hydrogen-bond donors (Lipinski definition) is 0. The van der Waals surface area contributed by atoms with Crippen LogP contribution in [0.3, 0.4) is 0 Å². The second-order valence-electron chi connectivity index (χ2n) is 2.41. The largest absolute Gasteiger partial charge is 1.00 e. The summed E-state index contributed by atoms with van der Waals surface area (Å²) in [5, 5.41) is 0.0479. The van der Waals surface area contributed by atoms with Crippen LogP contribution in [0.5, 0.6) is 0 Å². The second-order valence-corrected chi connectivity index (χ2v) is 2.82. The van der Waals surface area contributed by atoms with Gasteiger partial charge in [0.15, 0.2) is 0 Å². The van der Waals surface area contributed by atoms with E-state index < -0.39 is 12.4 Å². The Morgan fingerprint density at radius 2 is 1.92 bits per heavy atom. The molecule has 0 unspecified atom stereocenters. The molecule has 0 bridgehead atoms. The molecule has 0 aliphatic heterocycles. The van der Waals surface area contributed by atoms with Crippen LogP contribution in [0.1, 0.15) is 5.69 Å². The Hall–Kier alpha value is 0.931. The minimum Gasteiger partial charge on any atom is -0.445 e. The zero-order chi connectivity index (χ0) is 9.35. The summed E-state index contributed by atoms with van der Waals surface area (Å²) in [6.45, 7) is -3.43. The minimum atomic E-state index is -4.98. The Kier molecular flexibility index (Phi) is 5.50. The van der Waals surface area contributed by atoms with Crippen molar-refractivity contribution < 1.29 is 64.3 Å². The topological polar surface area (TPSA) is 12.9 Å². The predicted molar refractivity (Wildman–Crippen MR) is 42.7 cm³/mol. The van der Waals surface area contributed by atoms with E-state index in [-0.39, 0.29) is 56.4 Å². The second kappa shape index (κ2) is 5.14. The molecule has 1 aromatic rings. The van der Waals surface area contributed by atoms with Gasteiger partial charge in [-0.25, -0.2) is 0 Å². The van der Waals surface area contributed by atoms with Crippen LogP contribution in [0, 0.1) is 6.92 Å². The molecule has 1 rings (SSSR count). The smallest absolute Gasteiger partial charge is 0.445 e. The Morgan fingerprint density at radius 3 is 2.31 bits per heavy atom. The van der Waals surface area contributed by atoms with Gasteiger partial charge in [0, 0.05) is 6.20 Å². The van der Waals surface area contributed by atoms with Crippen molar-refractivity contribution in [2.45, 2.75) is 6.92 Å². The van der Waals surface area contributed by atoms with Crippen molar-refractivity contribution in [1.82, 2.24) is 4.98 Å². The molecule has 66 valence electrons. The molecule has 0 aliphatic rings. The van der Waals surface area contributed by atoms with E-state index in [9.17, 15) is 12.9 Å². The Morgan fingerprint density at radius 1 is 1.38 bits per heavy atom. The van der Waals surface area contributed by atoms with Gasteiger partial charge in [-0.1, -0.05) is 23.1 Å². The van der Waals surface area contributed by atoms with Crippen LogP contribution in [-0.4, -0.2) is 12.0 Å².